The third-order valence-corrected chi connectivity index (χ3v) is 6.85. The van der Waals surface area contributed by atoms with Crippen LogP contribution in [0.5, 0.6) is 0 Å². The number of ether oxygens (including phenoxy) is 1. The van der Waals surface area contributed by atoms with Gasteiger partial charge in [-0.3, -0.25) is 14.5 Å². The Hall–Kier alpha value is -3.07. The highest BCUT2D eigenvalue weighted by molar-refractivity contribution is 7.09. The van der Waals surface area contributed by atoms with Crippen molar-refractivity contribution >= 4 is 23.2 Å². The number of rotatable bonds is 10. The van der Waals surface area contributed by atoms with Crippen molar-refractivity contribution in [2.45, 2.75) is 13.1 Å². The molecule has 1 fully saturated rings. The molecule has 6 nitrogen and oxygen atoms in total. The average Bonchev–Trinajstić information content (AvgIpc) is 3.40. The Morgan fingerprint density at radius 3 is 2.34 bits per heavy atom. The van der Waals surface area contributed by atoms with Crippen molar-refractivity contribution in [3.8, 4) is 0 Å². The third kappa shape index (κ3) is 7.45. The van der Waals surface area contributed by atoms with Gasteiger partial charge < -0.3 is 14.5 Å². The molecule has 2 aromatic carbocycles. The van der Waals surface area contributed by atoms with Gasteiger partial charge in [-0.15, -0.1) is 11.3 Å². The lowest BCUT2D eigenvalue weighted by atomic mass is 10.2. The molecule has 0 N–H and O–H groups in total. The van der Waals surface area contributed by atoms with E-state index in [9.17, 15) is 14.0 Å². The van der Waals surface area contributed by atoms with Gasteiger partial charge in [-0.05, 0) is 41.3 Å². The summed E-state index contributed by atoms with van der Waals surface area (Å²) in [6.45, 7) is 4.86. The first-order valence-corrected chi connectivity index (χ1v) is 12.7. The zero-order valence-corrected chi connectivity index (χ0v) is 20.5. The lowest BCUT2D eigenvalue weighted by Gasteiger charge is -2.31. The van der Waals surface area contributed by atoms with Crippen molar-refractivity contribution in [3.63, 3.8) is 0 Å². The molecule has 184 valence electrons. The van der Waals surface area contributed by atoms with Crippen LogP contribution in [0.4, 0.5) is 4.39 Å². The van der Waals surface area contributed by atoms with Crippen LogP contribution >= 0.6 is 11.3 Å². The van der Waals surface area contributed by atoms with Crippen molar-refractivity contribution in [1.29, 1.82) is 0 Å². The van der Waals surface area contributed by atoms with E-state index in [4.69, 9.17) is 4.74 Å². The lowest BCUT2D eigenvalue weighted by molar-refractivity contribution is -0.133. The number of carbonyl (C=O) groups is 2. The van der Waals surface area contributed by atoms with Gasteiger partial charge in [-0.1, -0.05) is 36.4 Å². The van der Waals surface area contributed by atoms with E-state index in [-0.39, 0.29) is 18.4 Å². The van der Waals surface area contributed by atoms with Crippen LogP contribution in [0.2, 0.25) is 0 Å². The van der Waals surface area contributed by atoms with Gasteiger partial charge in [0.25, 0.3) is 5.91 Å². The number of amides is 2. The standard InChI is InChI=1S/C27H30FN3O3S/c28-24-10-8-23(9-11-24)27(33)30(13-12-29-14-16-34-17-15-29)21-26(32)31(20-25-7-4-18-35-25)19-22-5-2-1-3-6-22/h1-11,18H,12-17,19-21H2. The summed E-state index contributed by atoms with van der Waals surface area (Å²) < 4.78 is 18.9. The van der Waals surface area contributed by atoms with Gasteiger partial charge in [-0.25, -0.2) is 4.39 Å². The maximum absolute atomic E-state index is 13.6. The Balaban J connectivity index is 1.51. The second-order valence-electron chi connectivity index (χ2n) is 8.50. The molecule has 1 aliphatic heterocycles. The molecule has 0 aliphatic carbocycles. The van der Waals surface area contributed by atoms with Gasteiger partial charge in [-0.2, -0.15) is 0 Å². The number of carbonyl (C=O) groups excluding carboxylic acids is 2. The van der Waals surface area contributed by atoms with E-state index in [2.05, 4.69) is 4.90 Å². The maximum Gasteiger partial charge on any atom is 0.254 e. The van der Waals surface area contributed by atoms with E-state index in [0.717, 1.165) is 23.5 Å². The molecule has 1 saturated heterocycles. The molecule has 1 aromatic heterocycles. The minimum atomic E-state index is -0.400. The zero-order chi connectivity index (χ0) is 24.5. The Morgan fingerprint density at radius 2 is 1.66 bits per heavy atom. The van der Waals surface area contributed by atoms with E-state index in [1.807, 2.05) is 47.8 Å². The summed E-state index contributed by atoms with van der Waals surface area (Å²) in [6, 6.07) is 19.3. The Kier molecular flexibility index (Phi) is 9.00. The number of halogens is 1. The highest BCUT2D eigenvalue weighted by Crippen LogP contribution is 2.16. The fraction of sp³-hybridized carbons (Fsp3) is 0.333. The molecule has 2 heterocycles. The monoisotopic (exact) mass is 495 g/mol. The number of hydrogen-bond acceptors (Lipinski definition) is 5. The SMILES string of the molecule is O=C(CN(CCN1CCOCC1)C(=O)c1ccc(F)cc1)N(Cc1ccccc1)Cc1cccs1. The minimum Gasteiger partial charge on any atom is -0.379 e. The molecule has 4 rings (SSSR count). The molecular weight excluding hydrogens is 465 g/mol. The van der Waals surface area contributed by atoms with Crippen molar-refractivity contribution in [2.24, 2.45) is 0 Å². The Labute approximate surface area is 209 Å². The average molecular weight is 496 g/mol. The van der Waals surface area contributed by atoms with Crippen molar-refractivity contribution in [3.05, 3.63) is 93.9 Å². The van der Waals surface area contributed by atoms with Gasteiger partial charge in [0.1, 0.15) is 12.4 Å². The first-order chi connectivity index (χ1) is 17.1. The smallest absolute Gasteiger partial charge is 0.254 e. The summed E-state index contributed by atoms with van der Waals surface area (Å²) in [5.74, 6) is -0.801. The topological polar surface area (TPSA) is 53.1 Å². The van der Waals surface area contributed by atoms with Gasteiger partial charge >= 0.3 is 0 Å². The number of benzene rings is 2. The highest BCUT2D eigenvalue weighted by atomic mass is 32.1. The van der Waals surface area contributed by atoms with Gasteiger partial charge in [0, 0.05) is 43.2 Å². The van der Waals surface area contributed by atoms with E-state index in [0.29, 0.717) is 45.0 Å². The van der Waals surface area contributed by atoms with Crippen LogP contribution in [0.15, 0.2) is 72.1 Å². The molecular formula is C27H30FN3O3S. The van der Waals surface area contributed by atoms with Crippen LogP contribution < -0.4 is 0 Å². The summed E-state index contributed by atoms with van der Waals surface area (Å²) >= 11 is 1.60. The molecule has 0 spiro atoms. The molecule has 0 saturated carbocycles. The van der Waals surface area contributed by atoms with Crippen LogP contribution in [0.25, 0.3) is 0 Å². The van der Waals surface area contributed by atoms with Crippen LogP contribution in [-0.4, -0.2) is 72.5 Å². The van der Waals surface area contributed by atoms with Gasteiger partial charge in [0.2, 0.25) is 5.91 Å². The molecule has 35 heavy (non-hydrogen) atoms. The summed E-state index contributed by atoms with van der Waals surface area (Å²) in [7, 11) is 0. The summed E-state index contributed by atoms with van der Waals surface area (Å²) in [5, 5.41) is 1.99. The fourth-order valence-corrected chi connectivity index (χ4v) is 4.72. The number of nitrogens with zero attached hydrogens (tertiary/aromatic N) is 3. The van der Waals surface area contributed by atoms with Crippen LogP contribution in [0.3, 0.4) is 0 Å². The van der Waals surface area contributed by atoms with E-state index in [1.54, 1.807) is 21.1 Å². The van der Waals surface area contributed by atoms with Crippen molar-refractivity contribution in [2.75, 3.05) is 45.9 Å². The third-order valence-electron chi connectivity index (χ3n) is 5.99. The second kappa shape index (κ2) is 12.6. The quantitative estimate of drug-likeness (QED) is 0.428. The highest BCUT2D eigenvalue weighted by Gasteiger charge is 2.24. The fourth-order valence-electron chi connectivity index (χ4n) is 4.00. The van der Waals surface area contributed by atoms with Crippen LogP contribution in [0.1, 0.15) is 20.8 Å². The largest absolute Gasteiger partial charge is 0.379 e. The van der Waals surface area contributed by atoms with Gasteiger partial charge in [0.15, 0.2) is 0 Å². The molecule has 8 heteroatoms. The molecule has 0 unspecified atom stereocenters. The van der Waals surface area contributed by atoms with Gasteiger partial charge in [0.05, 0.1) is 19.8 Å². The molecule has 0 atom stereocenters. The predicted octanol–water partition coefficient (Wildman–Crippen LogP) is 3.89. The predicted molar refractivity (Wildman–Crippen MR) is 135 cm³/mol. The molecule has 0 radical (unpaired) electrons. The summed E-state index contributed by atoms with van der Waals surface area (Å²) in [6.07, 6.45) is 0. The second-order valence-corrected chi connectivity index (χ2v) is 9.53. The maximum atomic E-state index is 13.6. The van der Waals surface area contributed by atoms with E-state index >= 15 is 0 Å². The van der Waals surface area contributed by atoms with Crippen LogP contribution in [0, 0.1) is 5.82 Å². The minimum absolute atomic E-state index is 0.0429. The zero-order valence-electron chi connectivity index (χ0n) is 19.6. The summed E-state index contributed by atoms with van der Waals surface area (Å²) in [5.41, 5.74) is 1.40. The summed E-state index contributed by atoms with van der Waals surface area (Å²) in [4.78, 5) is 33.6. The molecule has 0 bridgehead atoms. The van der Waals surface area contributed by atoms with Crippen molar-refractivity contribution < 1.29 is 18.7 Å². The van der Waals surface area contributed by atoms with E-state index < -0.39 is 5.82 Å². The molecule has 2 amide bonds. The first kappa shape index (κ1) is 25.0. The van der Waals surface area contributed by atoms with Crippen molar-refractivity contribution in [1.82, 2.24) is 14.7 Å². The molecule has 1 aliphatic rings. The first-order valence-electron chi connectivity index (χ1n) is 11.8. The normalized spacial score (nSPS) is 14.0. The Morgan fingerprint density at radius 1 is 0.914 bits per heavy atom. The number of thiophene rings is 1. The Bertz CT molecular complexity index is 1070. The van der Waals surface area contributed by atoms with E-state index in [1.165, 1.54) is 24.3 Å². The lowest BCUT2D eigenvalue weighted by Crippen LogP contribution is -2.47. The molecule has 3 aromatic rings. The number of hydrogen-bond donors (Lipinski definition) is 0. The number of morpholine rings is 1. The van der Waals surface area contributed by atoms with Crippen LogP contribution in [-0.2, 0) is 22.6 Å².